The standard InChI is InChI=1S/C25H42N3O6PS2Si/c1-15(2)16-9-11-25(6,18(29)13-16)37-35(36)32-14-17-21(34-38(7,8)24(3,4)5)20(30)22(33-17)28-12-10-19(26)27-23(28)31/h10,12,16-18,20-22,29-30H,1,9,11,13-14H2,2-8H3,(H-,26,27,31)/p+1/t16-,17+,18+,20+,21?,22+,25+/m0/s1. The molecule has 38 heavy (non-hydrogen) atoms. The predicted molar refractivity (Wildman–Crippen MR) is 159 cm³/mol. The lowest BCUT2D eigenvalue weighted by molar-refractivity contribution is -0.0497. The topological polar surface area (TPSA) is 129 Å². The number of allylic oxidation sites excluding steroid dienone is 1. The highest BCUT2D eigenvalue weighted by molar-refractivity contribution is 8.63. The molecule has 1 aromatic rings. The van der Waals surface area contributed by atoms with Crippen LogP contribution in [0.5, 0.6) is 0 Å². The van der Waals surface area contributed by atoms with Gasteiger partial charge in [0.15, 0.2) is 14.5 Å². The molecule has 1 saturated heterocycles. The molecule has 2 fully saturated rings. The minimum atomic E-state index is -2.32. The fourth-order valence-corrected chi connectivity index (χ4v) is 10.6. The molecule has 1 aromatic heterocycles. The Hall–Kier alpha value is -0.693. The molecule has 0 amide bonds. The summed E-state index contributed by atoms with van der Waals surface area (Å²) in [6, 6.07) is 1.48. The van der Waals surface area contributed by atoms with E-state index in [1.54, 1.807) is 0 Å². The SMILES string of the molecule is C=C(C)[C@H]1CC[C@@](C)(S[P+](=S)OC[C@H]2O[C@@H](n3ccc(N)nc3=O)[C@H](O)C2O[Si](C)(C)C(C)(C)C)[C@H](O)C1. The number of rotatable bonds is 9. The molecular weight excluding hydrogens is 561 g/mol. The molecule has 214 valence electrons. The Labute approximate surface area is 236 Å². The first-order valence-electron chi connectivity index (χ1n) is 12.9. The molecular formula is C25H43N3O6PS2Si+. The average molecular weight is 605 g/mol. The van der Waals surface area contributed by atoms with Crippen LogP contribution in [0.15, 0.2) is 29.2 Å². The van der Waals surface area contributed by atoms with E-state index in [0.717, 1.165) is 18.4 Å². The molecule has 1 aliphatic carbocycles. The number of anilines is 1. The summed E-state index contributed by atoms with van der Waals surface area (Å²) in [5.74, 6) is 0.412. The maximum absolute atomic E-state index is 12.5. The molecule has 0 radical (unpaired) electrons. The molecule has 1 saturated carbocycles. The van der Waals surface area contributed by atoms with E-state index in [4.69, 9.17) is 31.2 Å². The van der Waals surface area contributed by atoms with Crippen LogP contribution in [0.25, 0.3) is 0 Å². The van der Waals surface area contributed by atoms with E-state index in [1.165, 1.54) is 28.2 Å². The van der Waals surface area contributed by atoms with Crippen LogP contribution in [-0.2, 0) is 25.5 Å². The molecule has 2 heterocycles. The van der Waals surface area contributed by atoms with Crippen LogP contribution in [0.1, 0.15) is 60.1 Å². The van der Waals surface area contributed by atoms with Crippen molar-refractivity contribution in [2.24, 2.45) is 5.92 Å². The molecule has 2 aliphatic rings. The third-order valence-electron chi connectivity index (χ3n) is 8.20. The van der Waals surface area contributed by atoms with E-state index >= 15 is 0 Å². The van der Waals surface area contributed by atoms with Crippen LogP contribution in [0.4, 0.5) is 5.82 Å². The molecule has 13 heteroatoms. The Balaban J connectivity index is 1.75. The molecule has 2 unspecified atom stereocenters. The zero-order valence-corrected chi connectivity index (χ0v) is 26.9. The van der Waals surface area contributed by atoms with Gasteiger partial charge in [0, 0.05) is 6.20 Å². The van der Waals surface area contributed by atoms with Crippen molar-refractivity contribution in [2.45, 2.75) is 107 Å². The lowest BCUT2D eigenvalue weighted by atomic mass is 9.77. The highest BCUT2D eigenvalue weighted by Crippen LogP contribution is 2.55. The van der Waals surface area contributed by atoms with Gasteiger partial charge >= 0.3 is 11.8 Å². The summed E-state index contributed by atoms with van der Waals surface area (Å²) in [4.78, 5) is 16.3. The Morgan fingerprint density at radius 2 is 2.11 bits per heavy atom. The Bertz CT molecular complexity index is 1100. The third kappa shape index (κ3) is 7.14. The van der Waals surface area contributed by atoms with Crippen molar-refractivity contribution in [1.29, 1.82) is 0 Å². The maximum atomic E-state index is 12.5. The van der Waals surface area contributed by atoms with Crippen LogP contribution in [-0.4, -0.2) is 63.9 Å². The van der Waals surface area contributed by atoms with Crippen LogP contribution in [0.3, 0.4) is 0 Å². The summed E-state index contributed by atoms with van der Waals surface area (Å²) in [6.07, 6.45) is -1.47. The first-order valence-corrected chi connectivity index (χ1v) is 19.5. The lowest BCUT2D eigenvalue weighted by Gasteiger charge is -2.39. The molecule has 9 nitrogen and oxygen atoms in total. The van der Waals surface area contributed by atoms with Crippen molar-refractivity contribution in [3.8, 4) is 0 Å². The largest absolute Gasteiger partial charge is 0.415 e. The summed E-state index contributed by atoms with van der Waals surface area (Å²) in [6.45, 7) is 18.7. The molecule has 0 bridgehead atoms. The van der Waals surface area contributed by atoms with Gasteiger partial charge in [-0.3, -0.25) is 4.57 Å². The second-order valence-electron chi connectivity index (χ2n) is 12.2. The van der Waals surface area contributed by atoms with E-state index in [9.17, 15) is 15.0 Å². The number of hydrogen-bond acceptors (Lipinski definition) is 10. The van der Waals surface area contributed by atoms with E-state index in [-0.39, 0.29) is 17.5 Å². The summed E-state index contributed by atoms with van der Waals surface area (Å²) >= 11 is 7.20. The Kier molecular flexibility index (Phi) is 10.1. The molecule has 0 spiro atoms. The number of nitrogens with zero attached hydrogens (tertiary/aromatic N) is 2. The second-order valence-corrected chi connectivity index (χ2v) is 22.0. The van der Waals surface area contributed by atoms with E-state index < -0.39 is 55.5 Å². The minimum absolute atomic E-state index is 0.0901. The third-order valence-corrected chi connectivity index (χ3v) is 17.1. The fourth-order valence-electron chi connectivity index (χ4n) is 4.51. The summed E-state index contributed by atoms with van der Waals surface area (Å²) in [5, 5.41) is 22.1. The number of hydrogen-bond donors (Lipinski definition) is 3. The predicted octanol–water partition coefficient (Wildman–Crippen LogP) is 4.49. The Morgan fingerprint density at radius 3 is 2.66 bits per heavy atom. The number of aromatic nitrogens is 2. The first kappa shape index (κ1) is 31.8. The lowest BCUT2D eigenvalue weighted by Crippen LogP contribution is -2.50. The monoisotopic (exact) mass is 604 g/mol. The van der Waals surface area contributed by atoms with Crippen LogP contribution < -0.4 is 11.4 Å². The average Bonchev–Trinajstić information content (AvgIpc) is 3.08. The number of aliphatic hydroxyl groups is 2. The van der Waals surface area contributed by atoms with Crippen LogP contribution in [0, 0.1) is 5.92 Å². The highest BCUT2D eigenvalue weighted by Gasteiger charge is 2.52. The van der Waals surface area contributed by atoms with Crippen LogP contribution >= 0.6 is 17.5 Å². The zero-order chi connectivity index (χ0) is 28.6. The highest BCUT2D eigenvalue weighted by atomic mass is 32.9. The number of ether oxygens (including phenoxy) is 1. The second kappa shape index (κ2) is 12.0. The van der Waals surface area contributed by atoms with Crippen molar-refractivity contribution in [3.05, 3.63) is 34.9 Å². The van der Waals surface area contributed by atoms with Gasteiger partial charge in [-0.05, 0) is 63.2 Å². The maximum Gasteiger partial charge on any atom is 0.415 e. The van der Waals surface area contributed by atoms with Gasteiger partial charge in [0.2, 0.25) is 11.8 Å². The van der Waals surface area contributed by atoms with Gasteiger partial charge in [0.1, 0.15) is 42.1 Å². The van der Waals surface area contributed by atoms with Gasteiger partial charge in [-0.15, -0.1) is 0 Å². The van der Waals surface area contributed by atoms with Crippen LogP contribution in [0.2, 0.25) is 18.1 Å². The van der Waals surface area contributed by atoms with Gasteiger partial charge in [-0.25, -0.2) is 4.79 Å². The van der Waals surface area contributed by atoms with Gasteiger partial charge in [-0.1, -0.05) is 32.9 Å². The Morgan fingerprint density at radius 1 is 1.45 bits per heavy atom. The summed E-state index contributed by atoms with van der Waals surface area (Å²) < 4.78 is 19.7. The van der Waals surface area contributed by atoms with E-state index in [2.05, 4.69) is 45.4 Å². The number of aliphatic hydroxyl groups excluding tert-OH is 2. The van der Waals surface area contributed by atoms with E-state index in [0.29, 0.717) is 12.3 Å². The molecule has 8 atom stereocenters. The molecule has 0 aromatic carbocycles. The van der Waals surface area contributed by atoms with Crippen molar-refractivity contribution < 1.29 is 23.9 Å². The van der Waals surface area contributed by atoms with Crippen molar-refractivity contribution >= 4 is 43.4 Å². The zero-order valence-electron chi connectivity index (χ0n) is 23.4. The molecule has 4 N–H and O–H groups in total. The van der Waals surface area contributed by atoms with E-state index in [1.807, 2.05) is 13.8 Å². The van der Waals surface area contributed by atoms with Crippen molar-refractivity contribution in [2.75, 3.05) is 12.3 Å². The van der Waals surface area contributed by atoms with Gasteiger partial charge < -0.3 is 25.1 Å². The number of nitrogen functional groups attached to an aromatic ring is 1. The number of nitrogens with two attached hydrogens (primary N) is 1. The summed E-state index contributed by atoms with van der Waals surface area (Å²) in [5.41, 5.74) is 6.13. The van der Waals surface area contributed by atoms with Crippen molar-refractivity contribution in [1.82, 2.24) is 9.55 Å². The fraction of sp³-hybridized carbons (Fsp3) is 0.760. The first-order chi connectivity index (χ1) is 17.4. The van der Waals surface area contributed by atoms with Crippen molar-refractivity contribution in [3.63, 3.8) is 0 Å². The van der Waals surface area contributed by atoms with Gasteiger partial charge in [0.05, 0.1) is 10.9 Å². The molecule has 1 aliphatic heterocycles. The van der Waals surface area contributed by atoms with Gasteiger partial charge in [0.25, 0.3) is 0 Å². The molecule has 3 rings (SSSR count). The normalized spacial score (nSPS) is 32.8. The quantitative estimate of drug-likeness (QED) is 0.211. The minimum Gasteiger partial charge on any atom is -0.408 e. The smallest absolute Gasteiger partial charge is 0.408 e. The van der Waals surface area contributed by atoms with Gasteiger partial charge in [-0.2, -0.15) is 9.51 Å². The summed E-state index contributed by atoms with van der Waals surface area (Å²) in [7, 11) is -2.32.